The van der Waals surface area contributed by atoms with E-state index in [1.807, 2.05) is 0 Å². The Morgan fingerprint density at radius 3 is 2.88 bits per heavy atom. The number of benzene rings is 1. The maximum atomic E-state index is 5.83. The minimum atomic E-state index is 0.475. The summed E-state index contributed by atoms with van der Waals surface area (Å²) in [5, 5.41) is 3.29. The van der Waals surface area contributed by atoms with E-state index in [-0.39, 0.29) is 0 Å². The van der Waals surface area contributed by atoms with E-state index in [2.05, 4.69) is 47.6 Å². The quantitative estimate of drug-likeness (QED) is 0.464. The molecule has 17 heavy (non-hydrogen) atoms. The van der Waals surface area contributed by atoms with E-state index < -0.39 is 0 Å². The van der Waals surface area contributed by atoms with E-state index in [9.17, 15) is 0 Å². The Hall–Kier alpha value is -1.51. The molecule has 1 aliphatic rings. The molecule has 1 fully saturated rings. The van der Waals surface area contributed by atoms with Gasteiger partial charge in [0.25, 0.3) is 0 Å². The zero-order chi connectivity index (χ0) is 12.1. The highest BCUT2D eigenvalue weighted by atomic mass is 15.1. The number of nitrogens with one attached hydrogen (secondary N) is 1. The maximum Gasteiger partial charge on any atom is 0.188 e. The zero-order valence-corrected chi connectivity index (χ0v) is 10.4. The van der Waals surface area contributed by atoms with Crippen LogP contribution in [0.25, 0.3) is 0 Å². The third-order valence-electron chi connectivity index (χ3n) is 3.15. The Labute approximate surface area is 103 Å². The van der Waals surface area contributed by atoms with Crippen LogP contribution in [0.3, 0.4) is 0 Å². The summed E-state index contributed by atoms with van der Waals surface area (Å²) >= 11 is 0. The molecule has 1 aliphatic carbocycles. The summed E-state index contributed by atoms with van der Waals surface area (Å²) in [6.07, 6.45) is 3.43. The standard InChI is InChI=1S/C14H21N3/c1-2-3-9-16-14(15)17-13-10-12(13)11-7-5-4-6-8-11/h4-8,12-13H,2-3,9-10H2,1H3,(H3,15,16,17). The van der Waals surface area contributed by atoms with Gasteiger partial charge in [-0.25, -0.2) is 0 Å². The zero-order valence-electron chi connectivity index (χ0n) is 10.4. The molecule has 92 valence electrons. The van der Waals surface area contributed by atoms with E-state index in [1.165, 1.54) is 5.56 Å². The molecule has 0 spiro atoms. The first-order valence-corrected chi connectivity index (χ1v) is 6.42. The number of aliphatic imine (C=N–C) groups is 1. The number of nitrogens with two attached hydrogens (primary N) is 1. The summed E-state index contributed by atoms with van der Waals surface area (Å²) in [6.45, 7) is 2.99. The van der Waals surface area contributed by atoms with Crippen LogP contribution in [0.15, 0.2) is 35.3 Å². The van der Waals surface area contributed by atoms with Gasteiger partial charge < -0.3 is 11.1 Å². The van der Waals surface area contributed by atoms with Gasteiger partial charge >= 0.3 is 0 Å². The van der Waals surface area contributed by atoms with E-state index in [4.69, 9.17) is 5.73 Å². The van der Waals surface area contributed by atoms with Crippen molar-refractivity contribution in [1.82, 2.24) is 5.32 Å². The molecule has 1 saturated carbocycles. The van der Waals surface area contributed by atoms with Gasteiger partial charge in [-0.3, -0.25) is 4.99 Å². The van der Waals surface area contributed by atoms with Crippen molar-refractivity contribution >= 4 is 5.96 Å². The molecule has 2 atom stereocenters. The van der Waals surface area contributed by atoms with Gasteiger partial charge in [-0.1, -0.05) is 43.7 Å². The van der Waals surface area contributed by atoms with E-state index in [1.54, 1.807) is 0 Å². The molecule has 0 amide bonds. The van der Waals surface area contributed by atoms with Crippen molar-refractivity contribution in [2.24, 2.45) is 10.7 Å². The van der Waals surface area contributed by atoms with Crippen LogP contribution in [0.1, 0.15) is 37.7 Å². The van der Waals surface area contributed by atoms with Gasteiger partial charge in [-0.15, -0.1) is 0 Å². The van der Waals surface area contributed by atoms with Gasteiger partial charge in [-0.05, 0) is 18.4 Å². The molecule has 3 nitrogen and oxygen atoms in total. The van der Waals surface area contributed by atoms with E-state index >= 15 is 0 Å². The van der Waals surface area contributed by atoms with Crippen molar-refractivity contribution in [3.63, 3.8) is 0 Å². The molecular weight excluding hydrogens is 210 g/mol. The van der Waals surface area contributed by atoms with Crippen molar-refractivity contribution in [2.45, 2.75) is 38.1 Å². The second-order valence-electron chi connectivity index (χ2n) is 4.62. The van der Waals surface area contributed by atoms with Gasteiger partial charge in [0, 0.05) is 18.5 Å². The fourth-order valence-corrected chi connectivity index (χ4v) is 2.02. The topological polar surface area (TPSA) is 50.4 Å². The average molecular weight is 231 g/mol. The Bertz CT molecular complexity index is 372. The molecular formula is C14H21N3. The molecule has 3 N–H and O–H groups in total. The molecule has 1 aromatic rings. The molecule has 0 aromatic heterocycles. The average Bonchev–Trinajstić information content (AvgIpc) is 3.10. The minimum Gasteiger partial charge on any atom is -0.370 e. The largest absolute Gasteiger partial charge is 0.370 e. The van der Waals surface area contributed by atoms with Crippen molar-refractivity contribution in [3.05, 3.63) is 35.9 Å². The molecule has 0 saturated heterocycles. The van der Waals surface area contributed by atoms with Crippen LogP contribution in [-0.2, 0) is 0 Å². The van der Waals surface area contributed by atoms with Crippen molar-refractivity contribution in [3.8, 4) is 0 Å². The lowest BCUT2D eigenvalue weighted by atomic mass is 10.1. The fourth-order valence-electron chi connectivity index (χ4n) is 2.02. The van der Waals surface area contributed by atoms with Gasteiger partial charge in [0.2, 0.25) is 0 Å². The summed E-state index contributed by atoms with van der Waals surface area (Å²) < 4.78 is 0. The Morgan fingerprint density at radius 1 is 1.41 bits per heavy atom. The summed E-state index contributed by atoms with van der Waals surface area (Å²) in [4.78, 5) is 4.31. The number of hydrogen-bond acceptors (Lipinski definition) is 1. The van der Waals surface area contributed by atoms with Gasteiger partial charge in [0.1, 0.15) is 0 Å². The van der Waals surface area contributed by atoms with Crippen LogP contribution in [0.4, 0.5) is 0 Å². The van der Waals surface area contributed by atoms with Crippen molar-refractivity contribution < 1.29 is 0 Å². The molecule has 0 aliphatic heterocycles. The first-order chi connectivity index (χ1) is 8.31. The maximum absolute atomic E-state index is 5.83. The number of hydrogen-bond donors (Lipinski definition) is 2. The molecule has 3 heteroatoms. The smallest absolute Gasteiger partial charge is 0.188 e. The van der Waals surface area contributed by atoms with Crippen LogP contribution in [0, 0.1) is 0 Å². The summed E-state index contributed by atoms with van der Waals surface area (Å²) in [7, 11) is 0. The lowest BCUT2D eigenvalue weighted by Gasteiger charge is -2.05. The monoisotopic (exact) mass is 231 g/mol. The van der Waals surface area contributed by atoms with E-state index in [0.29, 0.717) is 17.9 Å². The molecule has 2 unspecified atom stereocenters. The lowest BCUT2D eigenvalue weighted by molar-refractivity contribution is 0.789. The van der Waals surface area contributed by atoms with Crippen LogP contribution in [0.2, 0.25) is 0 Å². The second kappa shape index (κ2) is 5.71. The van der Waals surface area contributed by atoms with Crippen molar-refractivity contribution in [2.75, 3.05) is 6.54 Å². The Kier molecular flexibility index (Phi) is 4.02. The lowest BCUT2D eigenvalue weighted by Crippen LogP contribution is -2.34. The van der Waals surface area contributed by atoms with Crippen LogP contribution in [0.5, 0.6) is 0 Å². The molecule has 0 heterocycles. The Morgan fingerprint density at radius 2 is 2.18 bits per heavy atom. The van der Waals surface area contributed by atoms with Gasteiger partial charge in [-0.2, -0.15) is 0 Å². The normalized spacial score (nSPS) is 23.5. The number of nitrogens with zero attached hydrogens (tertiary/aromatic N) is 1. The first-order valence-electron chi connectivity index (χ1n) is 6.42. The summed E-state index contributed by atoms with van der Waals surface area (Å²) in [5.74, 6) is 1.21. The summed E-state index contributed by atoms with van der Waals surface area (Å²) in [5.41, 5.74) is 7.23. The van der Waals surface area contributed by atoms with Crippen LogP contribution >= 0.6 is 0 Å². The highest BCUT2D eigenvalue weighted by molar-refractivity contribution is 5.78. The van der Waals surface area contributed by atoms with Gasteiger partial charge in [0.15, 0.2) is 5.96 Å². The summed E-state index contributed by atoms with van der Waals surface area (Å²) in [6, 6.07) is 11.1. The van der Waals surface area contributed by atoms with Crippen molar-refractivity contribution in [1.29, 1.82) is 0 Å². The Balaban J connectivity index is 1.78. The molecule has 1 aromatic carbocycles. The van der Waals surface area contributed by atoms with Crippen LogP contribution < -0.4 is 11.1 Å². The predicted molar refractivity (Wildman–Crippen MR) is 72.1 cm³/mol. The van der Waals surface area contributed by atoms with Gasteiger partial charge in [0.05, 0.1) is 0 Å². The highest BCUT2D eigenvalue weighted by Crippen LogP contribution is 2.40. The SMILES string of the molecule is CCCCN=C(N)NC1CC1c1ccccc1. The fraction of sp³-hybridized carbons (Fsp3) is 0.500. The molecule has 2 rings (SSSR count). The number of rotatable bonds is 5. The van der Waals surface area contributed by atoms with Crippen LogP contribution in [-0.4, -0.2) is 18.5 Å². The first kappa shape index (κ1) is 12.0. The second-order valence-corrected chi connectivity index (χ2v) is 4.62. The third-order valence-corrected chi connectivity index (χ3v) is 3.15. The molecule has 0 radical (unpaired) electrons. The predicted octanol–water partition coefficient (Wildman–Crippen LogP) is 2.25. The van der Waals surface area contributed by atoms with E-state index in [0.717, 1.165) is 25.8 Å². The third kappa shape index (κ3) is 3.48. The minimum absolute atomic E-state index is 0.475. The molecule has 0 bridgehead atoms. The number of guanidine groups is 1. The number of unbranched alkanes of at least 4 members (excludes halogenated alkanes) is 1. The highest BCUT2D eigenvalue weighted by Gasteiger charge is 2.38.